The Morgan fingerprint density at radius 2 is 2.03 bits per heavy atom. The maximum atomic E-state index is 13.1. The van der Waals surface area contributed by atoms with Crippen molar-refractivity contribution in [1.82, 2.24) is 30.4 Å². The molecule has 0 aliphatic carbocycles. The van der Waals surface area contributed by atoms with E-state index >= 15 is 0 Å². The van der Waals surface area contributed by atoms with Gasteiger partial charge in [-0.25, -0.2) is 9.78 Å². The number of hydrogen-bond donors (Lipinski definition) is 5. The number of urea groups is 1. The van der Waals surface area contributed by atoms with E-state index in [2.05, 4.69) is 20.6 Å². The average Bonchev–Trinajstić information content (AvgIpc) is 3.41. The monoisotopic (exact) mass is 471 g/mol. The number of nitrogens with zero attached hydrogens (tertiary/aromatic N) is 3. The van der Waals surface area contributed by atoms with Crippen LogP contribution in [0.3, 0.4) is 0 Å². The van der Waals surface area contributed by atoms with E-state index < -0.39 is 54.4 Å². The number of hydrogen-bond acceptors (Lipinski definition) is 7. The van der Waals surface area contributed by atoms with Crippen molar-refractivity contribution < 1.29 is 40.0 Å². The summed E-state index contributed by atoms with van der Waals surface area (Å²) in [6, 6.07) is -3.78. The Morgan fingerprint density at radius 1 is 1.30 bits per heavy atom. The third-order valence-electron chi connectivity index (χ3n) is 5.32. The molecule has 0 aromatic carbocycles. The molecule has 33 heavy (non-hydrogen) atoms. The van der Waals surface area contributed by atoms with Gasteiger partial charge >= 0.3 is 6.03 Å². The molecule has 0 saturated carbocycles. The number of primary amides is 1. The second-order valence-corrected chi connectivity index (χ2v) is 7.41. The fraction of sp³-hybridized carbons (Fsp3) is 0.556. The first-order chi connectivity index (χ1) is 14.8. The number of aliphatic hydroxyl groups excluding tert-OH is 1. The number of likely N-dealkylation sites (tertiary alicyclic amines) is 1. The number of carbonyl (C=O) groups is 5. The number of aromatic amines is 1. The summed E-state index contributed by atoms with van der Waals surface area (Å²) in [5, 5.41) is 13.9. The molecular weight excluding hydrogens is 442 g/mol. The number of imidazole rings is 1. The number of β-amino-alcohol motifs (C(OH)–C–C–N with tert-alkyl or cyclic N) is 1. The largest absolute Gasteiger partial charge is 0.412 e. The molecule has 2 aliphatic rings. The molecule has 0 radical (unpaired) electrons. The average molecular weight is 471 g/mol. The second kappa shape index (κ2) is 11.9. The van der Waals surface area contributed by atoms with Gasteiger partial charge < -0.3 is 42.3 Å². The highest BCUT2D eigenvalue weighted by atomic mass is 16.3. The van der Waals surface area contributed by atoms with E-state index in [9.17, 15) is 24.0 Å². The Hall–Kier alpha value is -3.56. The number of rotatable bonds is 8. The molecule has 6 amide bonds. The Labute approximate surface area is 188 Å². The Kier molecular flexibility index (Phi) is 9.90. The van der Waals surface area contributed by atoms with Crippen LogP contribution in [0.5, 0.6) is 0 Å². The van der Waals surface area contributed by atoms with Gasteiger partial charge in [-0.05, 0) is 12.8 Å². The van der Waals surface area contributed by atoms with Crippen molar-refractivity contribution in [1.29, 1.82) is 0 Å². The molecule has 3 heterocycles. The molecule has 2 fully saturated rings. The molecule has 2 saturated heterocycles. The molecule has 0 spiro atoms. The minimum absolute atomic E-state index is 0. The van der Waals surface area contributed by atoms with Crippen molar-refractivity contribution in [2.24, 2.45) is 5.73 Å². The number of imide groups is 1. The van der Waals surface area contributed by atoms with Gasteiger partial charge in [-0.15, -0.1) is 0 Å². The maximum absolute atomic E-state index is 13.1. The highest BCUT2D eigenvalue weighted by molar-refractivity contribution is 6.03. The highest BCUT2D eigenvalue weighted by Gasteiger charge is 2.40. The van der Waals surface area contributed by atoms with Gasteiger partial charge in [0.15, 0.2) is 0 Å². The fourth-order valence-corrected chi connectivity index (χ4v) is 3.78. The van der Waals surface area contributed by atoms with Crippen LogP contribution in [0, 0.1) is 0 Å². The normalized spacial score (nSPS) is 20.9. The first kappa shape index (κ1) is 27.5. The predicted octanol–water partition coefficient (Wildman–Crippen LogP) is -4.43. The van der Waals surface area contributed by atoms with Crippen LogP contribution in [0.4, 0.5) is 4.79 Å². The van der Waals surface area contributed by atoms with Crippen LogP contribution in [0.15, 0.2) is 12.5 Å². The van der Waals surface area contributed by atoms with E-state index in [4.69, 9.17) is 10.8 Å². The fourth-order valence-electron chi connectivity index (χ4n) is 3.78. The third-order valence-corrected chi connectivity index (χ3v) is 5.32. The van der Waals surface area contributed by atoms with E-state index in [1.807, 2.05) is 0 Å². The summed E-state index contributed by atoms with van der Waals surface area (Å²) in [5.74, 6) is -2.42. The van der Waals surface area contributed by atoms with E-state index in [-0.39, 0.29) is 30.3 Å². The van der Waals surface area contributed by atoms with E-state index in [0.29, 0.717) is 25.1 Å². The number of nitrogens with one attached hydrogen (secondary N) is 3. The molecule has 15 heteroatoms. The predicted molar refractivity (Wildman–Crippen MR) is 111 cm³/mol. The summed E-state index contributed by atoms with van der Waals surface area (Å²) in [4.78, 5) is 70.8. The number of aliphatic hydroxyl groups is 1. The van der Waals surface area contributed by atoms with Gasteiger partial charge in [-0.1, -0.05) is 0 Å². The van der Waals surface area contributed by atoms with E-state index in [1.54, 1.807) is 0 Å². The quantitative estimate of drug-likeness (QED) is 0.248. The number of carbonyl (C=O) groups excluding carboxylic acids is 5. The standard InChI is InChI=1S/C18H25N7O6.2H2O/c19-15(28)13-2-1-3-24(13)17(30)12(6-10-8-20-9-21-10)22-16(29)11-7-14(27)25(4-5-26)18(31)23-11;;/h8-9,11-13,26H,1-7H2,(H2,19,28)(H,20,21)(H,22,29)(H,23,31);2*1H2/t11-,12+,13+;;/m1../s1. The van der Waals surface area contributed by atoms with Gasteiger partial charge in [0.1, 0.15) is 18.1 Å². The lowest BCUT2D eigenvalue weighted by atomic mass is 10.1. The first-order valence-corrected chi connectivity index (χ1v) is 9.91. The summed E-state index contributed by atoms with van der Waals surface area (Å²) >= 11 is 0. The first-order valence-electron chi connectivity index (χ1n) is 9.91. The molecule has 0 bridgehead atoms. The molecule has 184 valence electrons. The lowest BCUT2D eigenvalue weighted by Gasteiger charge is -2.32. The van der Waals surface area contributed by atoms with E-state index in [1.165, 1.54) is 17.4 Å². The van der Waals surface area contributed by atoms with Gasteiger partial charge in [0.25, 0.3) is 0 Å². The smallest absolute Gasteiger partial charge is 0.324 e. The molecule has 0 unspecified atom stereocenters. The molecule has 1 aromatic rings. The number of aromatic nitrogens is 2. The summed E-state index contributed by atoms with van der Waals surface area (Å²) in [5.41, 5.74) is 5.98. The van der Waals surface area contributed by atoms with Crippen LogP contribution in [-0.2, 0) is 25.6 Å². The van der Waals surface area contributed by atoms with Crippen LogP contribution in [0.1, 0.15) is 25.0 Å². The zero-order chi connectivity index (χ0) is 22.5. The summed E-state index contributed by atoms with van der Waals surface area (Å²) in [6.45, 7) is -0.242. The Bertz CT molecular complexity index is 844. The van der Waals surface area contributed by atoms with Crippen molar-refractivity contribution in [3.05, 3.63) is 18.2 Å². The second-order valence-electron chi connectivity index (χ2n) is 7.41. The van der Waals surface area contributed by atoms with Crippen LogP contribution in [0.2, 0.25) is 0 Å². The van der Waals surface area contributed by atoms with Crippen molar-refractivity contribution in [3.63, 3.8) is 0 Å². The lowest BCUT2D eigenvalue weighted by Crippen LogP contribution is -2.62. The summed E-state index contributed by atoms with van der Waals surface area (Å²) < 4.78 is 0. The van der Waals surface area contributed by atoms with E-state index in [0.717, 1.165) is 4.90 Å². The van der Waals surface area contributed by atoms with Crippen LogP contribution >= 0.6 is 0 Å². The number of amides is 6. The van der Waals surface area contributed by atoms with Gasteiger partial charge in [0.05, 0.1) is 25.9 Å². The SMILES string of the molecule is NC(=O)[C@@H]1CCCN1C(=O)[C@H](Cc1cnc[nH]1)NC(=O)[C@H]1CC(=O)N(CCO)C(=O)N1.O.O. The zero-order valence-corrected chi connectivity index (χ0v) is 17.7. The zero-order valence-electron chi connectivity index (χ0n) is 17.7. The van der Waals surface area contributed by atoms with Gasteiger partial charge in [-0.2, -0.15) is 0 Å². The topological polar surface area (TPSA) is 254 Å². The van der Waals surface area contributed by atoms with Gasteiger partial charge in [0.2, 0.25) is 23.6 Å². The van der Waals surface area contributed by atoms with Gasteiger partial charge in [-0.3, -0.25) is 24.1 Å². The molecular formula is C18H29N7O8. The molecule has 1 aromatic heterocycles. The highest BCUT2D eigenvalue weighted by Crippen LogP contribution is 2.19. The summed E-state index contributed by atoms with van der Waals surface area (Å²) in [7, 11) is 0. The lowest BCUT2D eigenvalue weighted by molar-refractivity contribution is -0.141. The van der Waals surface area contributed by atoms with Crippen LogP contribution in [0.25, 0.3) is 0 Å². The molecule has 3 atom stereocenters. The minimum Gasteiger partial charge on any atom is -0.412 e. The molecule has 2 aliphatic heterocycles. The van der Waals surface area contributed by atoms with Crippen LogP contribution < -0.4 is 16.4 Å². The number of H-pyrrole nitrogens is 1. The van der Waals surface area contributed by atoms with Crippen molar-refractivity contribution >= 4 is 29.7 Å². The third kappa shape index (κ3) is 6.24. The molecule has 10 N–H and O–H groups in total. The van der Waals surface area contributed by atoms with Crippen LogP contribution in [-0.4, -0.2) is 103 Å². The Morgan fingerprint density at radius 3 is 2.61 bits per heavy atom. The number of nitrogens with two attached hydrogens (primary N) is 1. The summed E-state index contributed by atoms with van der Waals surface area (Å²) in [6.07, 6.45) is 3.74. The van der Waals surface area contributed by atoms with Gasteiger partial charge in [0, 0.05) is 24.9 Å². The minimum atomic E-state index is -1.17. The Balaban J connectivity index is 0.00000272. The molecule has 3 rings (SSSR count). The maximum Gasteiger partial charge on any atom is 0.324 e. The molecule has 15 nitrogen and oxygen atoms in total. The van der Waals surface area contributed by atoms with Crippen molar-refractivity contribution in [3.8, 4) is 0 Å². The van der Waals surface area contributed by atoms with Crippen molar-refractivity contribution in [2.75, 3.05) is 19.7 Å². The van der Waals surface area contributed by atoms with Crippen molar-refractivity contribution in [2.45, 2.75) is 43.8 Å².